The quantitative estimate of drug-likeness (QED) is 0.498. The zero-order valence-electron chi connectivity index (χ0n) is 11.3. The molecule has 0 spiro atoms. The third-order valence-electron chi connectivity index (χ3n) is 3.69. The first-order valence-electron chi connectivity index (χ1n) is 7.13. The molecule has 0 radical (unpaired) electrons. The number of ether oxygens (including phenoxy) is 1. The summed E-state index contributed by atoms with van der Waals surface area (Å²) >= 11 is 0. The minimum atomic E-state index is -0.0525. The molecule has 17 heavy (non-hydrogen) atoms. The summed E-state index contributed by atoms with van der Waals surface area (Å²) in [6.45, 7) is 5.73. The standard InChI is InChI=1S/C14H27NO2/c1-3-17-14(16)10-5-4-6-11-15-12(2)13-8-7-9-13/h12-13,15H,3-11H2,1-2H3. The first-order chi connectivity index (χ1) is 8.24. The molecule has 1 unspecified atom stereocenters. The second kappa shape index (κ2) is 8.51. The van der Waals surface area contributed by atoms with Crippen molar-refractivity contribution in [3.63, 3.8) is 0 Å². The van der Waals surface area contributed by atoms with Crippen molar-refractivity contribution in [2.45, 2.75) is 64.8 Å². The Morgan fingerprint density at radius 2 is 2.12 bits per heavy atom. The summed E-state index contributed by atoms with van der Waals surface area (Å²) in [6.07, 6.45) is 8.02. The molecule has 3 nitrogen and oxygen atoms in total. The second-order valence-electron chi connectivity index (χ2n) is 5.05. The molecule has 1 saturated carbocycles. The van der Waals surface area contributed by atoms with Crippen LogP contribution in [-0.4, -0.2) is 25.2 Å². The highest BCUT2D eigenvalue weighted by molar-refractivity contribution is 5.69. The van der Waals surface area contributed by atoms with Crippen LogP contribution in [0.5, 0.6) is 0 Å². The lowest BCUT2D eigenvalue weighted by Gasteiger charge is -2.32. The van der Waals surface area contributed by atoms with Crippen molar-refractivity contribution in [2.24, 2.45) is 5.92 Å². The Hall–Kier alpha value is -0.570. The molecule has 1 atom stereocenters. The number of nitrogens with one attached hydrogen (secondary N) is 1. The van der Waals surface area contributed by atoms with Crippen molar-refractivity contribution < 1.29 is 9.53 Å². The van der Waals surface area contributed by atoms with Gasteiger partial charge in [0.25, 0.3) is 0 Å². The van der Waals surface area contributed by atoms with Crippen LogP contribution in [0, 0.1) is 5.92 Å². The van der Waals surface area contributed by atoms with Crippen molar-refractivity contribution in [1.29, 1.82) is 0 Å². The van der Waals surface area contributed by atoms with Crippen LogP contribution in [0.2, 0.25) is 0 Å². The number of carbonyl (C=O) groups is 1. The topological polar surface area (TPSA) is 38.3 Å². The van der Waals surface area contributed by atoms with Gasteiger partial charge in [0.05, 0.1) is 6.61 Å². The lowest BCUT2D eigenvalue weighted by molar-refractivity contribution is -0.143. The molecule has 100 valence electrons. The van der Waals surface area contributed by atoms with Crippen molar-refractivity contribution in [3.8, 4) is 0 Å². The fourth-order valence-electron chi connectivity index (χ4n) is 2.24. The molecule has 3 heteroatoms. The molecule has 1 aliphatic rings. The van der Waals surface area contributed by atoms with Crippen molar-refractivity contribution >= 4 is 5.97 Å². The number of esters is 1. The highest BCUT2D eigenvalue weighted by Crippen LogP contribution is 2.29. The summed E-state index contributed by atoms with van der Waals surface area (Å²) in [7, 11) is 0. The Labute approximate surface area is 105 Å². The normalized spacial score (nSPS) is 17.5. The molecule has 0 saturated heterocycles. The van der Waals surface area contributed by atoms with Crippen molar-refractivity contribution in [3.05, 3.63) is 0 Å². The van der Waals surface area contributed by atoms with Gasteiger partial charge >= 0.3 is 5.97 Å². The van der Waals surface area contributed by atoms with E-state index in [4.69, 9.17) is 4.74 Å². The van der Waals surface area contributed by atoms with Crippen LogP contribution >= 0.6 is 0 Å². The molecular weight excluding hydrogens is 214 g/mol. The predicted molar refractivity (Wildman–Crippen MR) is 69.9 cm³/mol. The second-order valence-corrected chi connectivity index (χ2v) is 5.05. The van der Waals surface area contributed by atoms with E-state index in [0.717, 1.165) is 31.7 Å². The van der Waals surface area contributed by atoms with E-state index in [2.05, 4.69) is 12.2 Å². The van der Waals surface area contributed by atoms with Gasteiger partial charge in [0.15, 0.2) is 0 Å². The molecule has 1 fully saturated rings. The average Bonchev–Trinajstić information content (AvgIpc) is 2.21. The number of hydrogen-bond acceptors (Lipinski definition) is 3. The molecule has 0 aliphatic heterocycles. The van der Waals surface area contributed by atoms with Gasteiger partial charge in [-0.1, -0.05) is 12.8 Å². The molecule has 0 aromatic rings. The predicted octanol–water partition coefficient (Wildman–Crippen LogP) is 2.89. The van der Waals surface area contributed by atoms with Gasteiger partial charge in [-0.3, -0.25) is 4.79 Å². The summed E-state index contributed by atoms with van der Waals surface area (Å²) < 4.78 is 4.89. The van der Waals surface area contributed by atoms with Gasteiger partial charge in [0.2, 0.25) is 0 Å². The molecule has 0 aromatic carbocycles. The van der Waals surface area contributed by atoms with Crippen LogP contribution < -0.4 is 5.32 Å². The monoisotopic (exact) mass is 241 g/mol. The molecule has 0 aromatic heterocycles. The van der Waals surface area contributed by atoms with Gasteiger partial charge in [0, 0.05) is 12.5 Å². The Morgan fingerprint density at radius 1 is 1.35 bits per heavy atom. The fourth-order valence-corrected chi connectivity index (χ4v) is 2.24. The molecule has 0 heterocycles. The van der Waals surface area contributed by atoms with E-state index in [-0.39, 0.29) is 5.97 Å². The van der Waals surface area contributed by atoms with Crippen LogP contribution in [0.4, 0.5) is 0 Å². The molecule has 1 N–H and O–H groups in total. The lowest BCUT2D eigenvalue weighted by atomic mass is 9.80. The van der Waals surface area contributed by atoms with Crippen LogP contribution in [0.15, 0.2) is 0 Å². The maximum atomic E-state index is 11.1. The van der Waals surface area contributed by atoms with E-state index in [0.29, 0.717) is 19.1 Å². The summed E-state index contributed by atoms with van der Waals surface area (Å²) in [6, 6.07) is 0.675. The average molecular weight is 241 g/mol. The number of carbonyl (C=O) groups excluding carboxylic acids is 1. The third kappa shape index (κ3) is 6.06. The Balaban J connectivity index is 1.85. The minimum absolute atomic E-state index is 0.0525. The fraction of sp³-hybridized carbons (Fsp3) is 0.929. The van der Waals surface area contributed by atoms with Crippen LogP contribution in [0.1, 0.15) is 58.8 Å². The molecular formula is C14H27NO2. The van der Waals surface area contributed by atoms with Crippen LogP contribution in [0.25, 0.3) is 0 Å². The summed E-state index contributed by atoms with van der Waals surface area (Å²) in [5.41, 5.74) is 0. The van der Waals surface area contributed by atoms with Gasteiger partial charge < -0.3 is 10.1 Å². The highest BCUT2D eigenvalue weighted by atomic mass is 16.5. The maximum Gasteiger partial charge on any atom is 0.305 e. The van der Waals surface area contributed by atoms with Crippen LogP contribution in [-0.2, 0) is 9.53 Å². The van der Waals surface area contributed by atoms with Crippen molar-refractivity contribution in [2.75, 3.05) is 13.2 Å². The number of hydrogen-bond donors (Lipinski definition) is 1. The SMILES string of the molecule is CCOC(=O)CCCCCNC(C)C1CCC1. The zero-order valence-corrected chi connectivity index (χ0v) is 11.3. The van der Waals surface area contributed by atoms with E-state index in [1.54, 1.807) is 0 Å². The Bertz CT molecular complexity index is 214. The van der Waals surface area contributed by atoms with Crippen molar-refractivity contribution in [1.82, 2.24) is 5.32 Å². The smallest absolute Gasteiger partial charge is 0.305 e. The van der Waals surface area contributed by atoms with Gasteiger partial charge in [0.1, 0.15) is 0 Å². The van der Waals surface area contributed by atoms with Crippen LogP contribution in [0.3, 0.4) is 0 Å². The van der Waals surface area contributed by atoms with Gasteiger partial charge in [-0.2, -0.15) is 0 Å². The third-order valence-corrected chi connectivity index (χ3v) is 3.69. The summed E-state index contributed by atoms with van der Waals surface area (Å²) in [4.78, 5) is 11.1. The maximum absolute atomic E-state index is 11.1. The first-order valence-corrected chi connectivity index (χ1v) is 7.13. The first kappa shape index (κ1) is 14.5. The van der Waals surface area contributed by atoms with E-state index >= 15 is 0 Å². The summed E-state index contributed by atoms with van der Waals surface area (Å²) in [5.74, 6) is 0.859. The van der Waals surface area contributed by atoms with Gasteiger partial charge in [-0.05, 0) is 52.0 Å². The molecule has 0 amide bonds. The molecule has 1 rings (SSSR count). The number of unbranched alkanes of at least 4 members (excludes halogenated alkanes) is 2. The van der Waals surface area contributed by atoms with E-state index in [1.165, 1.54) is 19.3 Å². The zero-order chi connectivity index (χ0) is 12.5. The van der Waals surface area contributed by atoms with Gasteiger partial charge in [-0.15, -0.1) is 0 Å². The summed E-state index contributed by atoms with van der Waals surface area (Å²) in [5, 5.41) is 3.58. The highest BCUT2D eigenvalue weighted by Gasteiger charge is 2.22. The van der Waals surface area contributed by atoms with E-state index < -0.39 is 0 Å². The lowest BCUT2D eigenvalue weighted by Crippen LogP contribution is -2.37. The van der Waals surface area contributed by atoms with E-state index in [1.807, 2.05) is 6.92 Å². The number of rotatable bonds is 9. The molecule has 0 bridgehead atoms. The molecule has 1 aliphatic carbocycles. The largest absolute Gasteiger partial charge is 0.466 e. The van der Waals surface area contributed by atoms with Gasteiger partial charge in [-0.25, -0.2) is 0 Å². The minimum Gasteiger partial charge on any atom is -0.466 e. The van der Waals surface area contributed by atoms with E-state index in [9.17, 15) is 4.79 Å². The Morgan fingerprint density at radius 3 is 2.71 bits per heavy atom. The Kier molecular flexibility index (Phi) is 7.25.